The number of piperidine rings is 1. The molecule has 0 amide bonds. The maximum atomic E-state index is 5.82. The van der Waals surface area contributed by atoms with Gasteiger partial charge >= 0.3 is 0 Å². The molecule has 0 aromatic carbocycles. The summed E-state index contributed by atoms with van der Waals surface area (Å²) in [5, 5.41) is 0. The maximum Gasteiger partial charge on any atom is 0.109 e. The number of imidazole rings is 1. The van der Waals surface area contributed by atoms with Crippen LogP contribution >= 0.6 is 0 Å². The first-order chi connectivity index (χ1) is 9.42. The van der Waals surface area contributed by atoms with Crippen LogP contribution in [0.5, 0.6) is 0 Å². The number of aromatic amines is 1. The smallest absolute Gasteiger partial charge is 0.109 e. The second-order valence-corrected chi connectivity index (χ2v) is 5.45. The Hall–Kier alpha value is -0.910. The van der Waals surface area contributed by atoms with Crippen molar-refractivity contribution < 1.29 is 9.47 Å². The van der Waals surface area contributed by atoms with Crippen LogP contribution in [0.4, 0.5) is 0 Å². The maximum absolute atomic E-state index is 5.82. The number of likely N-dealkylation sites (tertiary alicyclic amines) is 1. The molecule has 0 spiro atoms. The van der Waals surface area contributed by atoms with Crippen molar-refractivity contribution >= 4 is 0 Å². The third-order valence-corrected chi connectivity index (χ3v) is 4.14. The van der Waals surface area contributed by atoms with Crippen molar-refractivity contribution in [1.82, 2.24) is 14.9 Å². The van der Waals surface area contributed by atoms with E-state index in [1.807, 2.05) is 12.4 Å². The quantitative estimate of drug-likeness (QED) is 0.874. The van der Waals surface area contributed by atoms with E-state index in [1.165, 1.54) is 12.8 Å². The summed E-state index contributed by atoms with van der Waals surface area (Å²) in [5.41, 5.74) is 0. The third kappa shape index (κ3) is 3.55. The zero-order valence-corrected chi connectivity index (χ0v) is 11.4. The molecule has 0 radical (unpaired) electrons. The lowest BCUT2D eigenvalue weighted by Crippen LogP contribution is -2.36. The molecule has 1 atom stereocenters. The van der Waals surface area contributed by atoms with E-state index in [0.717, 1.165) is 51.7 Å². The van der Waals surface area contributed by atoms with Gasteiger partial charge in [0.15, 0.2) is 0 Å². The Morgan fingerprint density at radius 1 is 1.37 bits per heavy atom. The predicted molar refractivity (Wildman–Crippen MR) is 72.2 cm³/mol. The molecule has 2 saturated heterocycles. The molecule has 5 heteroatoms. The van der Waals surface area contributed by atoms with Gasteiger partial charge in [-0.2, -0.15) is 0 Å². The van der Waals surface area contributed by atoms with Crippen molar-refractivity contribution in [3.05, 3.63) is 18.2 Å². The van der Waals surface area contributed by atoms with Gasteiger partial charge in [-0.3, -0.25) is 0 Å². The van der Waals surface area contributed by atoms with Crippen molar-refractivity contribution in [3.8, 4) is 0 Å². The minimum Gasteiger partial charge on any atom is -0.379 e. The van der Waals surface area contributed by atoms with Gasteiger partial charge in [-0.05, 0) is 32.4 Å². The number of hydrogen-bond acceptors (Lipinski definition) is 4. The normalized spacial score (nSPS) is 26.0. The standard InChI is InChI=1S/C14H23N3O2/c1-6-17(8-10-19-13-3-9-18-11-13)7-2-12(1)14-15-4-5-16-14/h4-5,12-13H,1-3,6-11H2,(H,15,16). The number of H-pyrrole nitrogens is 1. The lowest BCUT2D eigenvalue weighted by molar-refractivity contribution is 0.0263. The summed E-state index contributed by atoms with van der Waals surface area (Å²) in [6.07, 6.45) is 7.54. The highest BCUT2D eigenvalue weighted by Gasteiger charge is 2.22. The van der Waals surface area contributed by atoms with Crippen LogP contribution in [0.25, 0.3) is 0 Å². The van der Waals surface area contributed by atoms with E-state index in [2.05, 4.69) is 14.9 Å². The van der Waals surface area contributed by atoms with Crippen molar-refractivity contribution in [2.75, 3.05) is 39.5 Å². The van der Waals surface area contributed by atoms with Crippen molar-refractivity contribution in [3.63, 3.8) is 0 Å². The molecule has 106 valence electrons. The summed E-state index contributed by atoms with van der Waals surface area (Å²) in [4.78, 5) is 10.1. The van der Waals surface area contributed by atoms with Crippen LogP contribution in [0, 0.1) is 0 Å². The molecule has 2 aliphatic heterocycles. The predicted octanol–water partition coefficient (Wildman–Crippen LogP) is 1.39. The van der Waals surface area contributed by atoms with E-state index in [4.69, 9.17) is 9.47 Å². The molecule has 3 heterocycles. The van der Waals surface area contributed by atoms with Gasteiger partial charge in [-0.15, -0.1) is 0 Å². The van der Waals surface area contributed by atoms with Crippen molar-refractivity contribution in [2.45, 2.75) is 31.3 Å². The lowest BCUT2D eigenvalue weighted by Gasteiger charge is -2.31. The zero-order valence-electron chi connectivity index (χ0n) is 11.4. The largest absolute Gasteiger partial charge is 0.379 e. The average molecular weight is 265 g/mol. The van der Waals surface area contributed by atoms with E-state index in [1.54, 1.807) is 0 Å². The number of rotatable bonds is 5. The number of nitrogens with zero attached hydrogens (tertiary/aromatic N) is 2. The SMILES string of the molecule is c1c[nH]c(C2CCN(CCOC3CCOC3)CC2)n1. The average Bonchev–Trinajstić information content (AvgIpc) is 3.13. The van der Waals surface area contributed by atoms with Crippen LogP contribution in [0.1, 0.15) is 31.0 Å². The fourth-order valence-electron chi connectivity index (χ4n) is 2.92. The molecule has 1 aromatic heterocycles. The molecule has 3 rings (SSSR count). The second kappa shape index (κ2) is 6.50. The van der Waals surface area contributed by atoms with Gasteiger partial charge in [0.25, 0.3) is 0 Å². The van der Waals surface area contributed by atoms with Crippen LogP contribution in [0.15, 0.2) is 12.4 Å². The summed E-state index contributed by atoms with van der Waals surface area (Å²) < 4.78 is 11.1. The monoisotopic (exact) mass is 265 g/mol. The first kappa shape index (κ1) is 13.1. The van der Waals surface area contributed by atoms with Crippen LogP contribution in [-0.2, 0) is 9.47 Å². The van der Waals surface area contributed by atoms with E-state index in [-0.39, 0.29) is 0 Å². The summed E-state index contributed by atoms with van der Waals surface area (Å²) in [6.45, 7) is 5.81. The number of aromatic nitrogens is 2. The molecular formula is C14H23N3O2. The fourth-order valence-corrected chi connectivity index (χ4v) is 2.92. The van der Waals surface area contributed by atoms with Crippen LogP contribution in [-0.4, -0.2) is 60.4 Å². The van der Waals surface area contributed by atoms with Gasteiger partial charge in [-0.25, -0.2) is 4.98 Å². The van der Waals surface area contributed by atoms with Gasteiger partial charge < -0.3 is 19.4 Å². The minimum atomic E-state index is 0.334. The Bertz CT molecular complexity index is 355. The Balaban J connectivity index is 1.34. The summed E-state index contributed by atoms with van der Waals surface area (Å²) in [5.74, 6) is 1.76. The van der Waals surface area contributed by atoms with Gasteiger partial charge in [0.05, 0.1) is 19.3 Å². The highest BCUT2D eigenvalue weighted by molar-refractivity contribution is 4.98. The molecule has 19 heavy (non-hydrogen) atoms. The highest BCUT2D eigenvalue weighted by atomic mass is 16.5. The Kier molecular flexibility index (Phi) is 4.48. The summed E-state index contributed by atoms with van der Waals surface area (Å²) in [6, 6.07) is 0. The minimum absolute atomic E-state index is 0.334. The third-order valence-electron chi connectivity index (χ3n) is 4.14. The van der Waals surface area contributed by atoms with E-state index < -0.39 is 0 Å². The molecule has 1 N–H and O–H groups in total. The molecule has 5 nitrogen and oxygen atoms in total. The van der Waals surface area contributed by atoms with Crippen LogP contribution < -0.4 is 0 Å². The Morgan fingerprint density at radius 3 is 2.95 bits per heavy atom. The van der Waals surface area contributed by atoms with E-state index in [9.17, 15) is 0 Å². The topological polar surface area (TPSA) is 50.4 Å². The van der Waals surface area contributed by atoms with Crippen LogP contribution in [0.3, 0.4) is 0 Å². The van der Waals surface area contributed by atoms with Gasteiger partial charge in [0, 0.05) is 31.5 Å². The second-order valence-electron chi connectivity index (χ2n) is 5.45. The summed E-state index contributed by atoms with van der Waals surface area (Å²) in [7, 11) is 0. The highest BCUT2D eigenvalue weighted by Crippen LogP contribution is 2.25. The molecule has 0 saturated carbocycles. The lowest BCUT2D eigenvalue weighted by atomic mass is 9.96. The molecule has 2 aliphatic rings. The number of ether oxygens (including phenoxy) is 2. The van der Waals surface area contributed by atoms with Gasteiger partial charge in [-0.1, -0.05) is 0 Å². The first-order valence-electron chi connectivity index (χ1n) is 7.33. The van der Waals surface area contributed by atoms with Crippen molar-refractivity contribution in [1.29, 1.82) is 0 Å². The van der Waals surface area contributed by atoms with Gasteiger partial charge in [0.2, 0.25) is 0 Å². The number of nitrogens with one attached hydrogen (secondary N) is 1. The first-order valence-corrected chi connectivity index (χ1v) is 7.33. The zero-order chi connectivity index (χ0) is 12.9. The summed E-state index contributed by atoms with van der Waals surface area (Å²) >= 11 is 0. The molecule has 0 aliphatic carbocycles. The van der Waals surface area contributed by atoms with Gasteiger partial charge in [0.1, 0.15) is 5.82 Å². The molecule has 1 aromatic rings. The molecule has 1 unspecified atom stereocenters. The van der Waals surface area contributed by atoms with Crippen molar-refractivity contribution in [2.24, 2.45) is 0 Å². The number of hydrogen-bond donors (Lipinski definition) is 1. The molecular weight excluding hydrogens is 242 g/mol. The molecule has 0 bridgehead atoms. The van der Waals surface area contributed by atoms with E-state index >= 15 is 0 Å². The molecule has 2 fully saturated rings. The van der Waals surface area contributed by atoms with E-state index in [0.29, 0.717) is 12.0 Å². The Labute approximate surface area is 114 Å². The fraction of sp³-hybridized carbons (Fsp3) is 0.786. The Morgan fingerprint density at radius 2 is 2.26 bits per heavy atom. The van der Waals surface area contributed by atoms with Crippen LogP contribution in [0.2, 0.25) is 0 Å².